The van der Waals surface area contributed by atoms with Crippen LogP contribution in [0.1, 0.15) is 11.3 Å². The van der Waals surface area contributed by atoms with Crippen molar-refractivity contribution in [1.82, 2.24) is 15.0 Å². The summed E-state index contributed by atoms with van der Waals surface area (Å²) in [5.41, 5.74) is 1.58. The SMILES string of the molecule is Cc1cc(N2CCN(c3ncccc3C#N)CC2)nc(N(C)C)n1. The molecule has 0 amide bonds. The van der Waals surface area contributed by atoms with Crippen molar-refractivity contribution in [1.29, 1.82) is 5.26 Å². The van der Waals surface area contributed by atoms with Gasteiger partial charge >= 0.3 is 0 Å². The maximum atomic E-state index is 9.24. The molecule has 0 aliphatic carbocycles. The molecule has 0 N–H and O–H groups in total. The number of aryl methyl sites for hydroxylation is 1. The Morgan fingerprint density at radius 1 is 1.12 bits per heavy atom. The first-order valence-corrected chi connectivity index (χ1v) is 7.96. The summed E-state index contributed by atoms with van der Waals surface area (Å²) in [7, 11) is 3.89. The molecule has 2 aromatic rings. The molecule has 7 heteroatoms. The van der Waals surface area contributed by atoms with Crippen molar-refractivity contribution < 1.29 is 0 Å². The zero-order valence-corrected chi connectivity index (χ0v) is 14.3. The molecule has 0 radical (unpaired) electrons. The summed E-state index contributed by atoms with van der Waals surface area (Å²) in [6.45, 7) is 5.29. The first-order valence-electron chi connectivity index (χ1n) is 7.96. The van der Waals surface area contributed by atoms with Crippen LogP contribution in [-0.4, -0.2) is 55.2 Å². The number of aromatic nitrogens is 3. The van der Waals surface area contributed by atoms with Crippen LogP contribution in [-0.2, 0) is 0 Å². The van der Waals surface area contributed by atoms with Gasteiger partial charge in [0.15, 0.2) is 0 Å². The second-order valence-electron chi connectivity index (χ2n) is 6.02. The van der Waals surface area contributed by atoms with Crippen LogP contribution in [0, 0.1) is 18.3 Å². The van der Waals surface area contributed by atoms with E-state index >= 15 is 0 Å². The number of pyridine rings is 1. The Hall–Kier alpha value is -2.88. The topological polar surface area (TPSA) is 72.2 Å². The van der Waals surface area contributed by atoms with Gasteiger partial charge in [0.05, 0.1) is 5.56 Å². The molecule has 1 fully saturated rings. The molecule has 1 aliphatic heterocycles. The van der Waals surface area contributed by atoms with E-state index < -0.39 is 0 Å². The summed E-state index contributed by atoms with van der Waals surface area (Å²) in [4.78, 5) is 19.8. The lowest BCUT2D eigenvalue weighted by Gasteiger charge is -2.36. The number of anilines is 3. The van der Waals surface area contributed by atoms with Gasteiger partial charge in [-0.05, 0) is 19.1 Å². The highest BCUT2D eigenvalue weighted by Gasteiger charge is 2.21. The minimum absolute atomic E-state index is 0.624. The number of nitrogens with zero attached hydrogens (tertiary/aromatic N) is 7. The predicted octanol–water partition coefficient (Wildman–Crippen LogP) is 1.44. The third-order valence-electron chi connectivity index (χ3n) is 4.04. The Labute approximate surface area is 142 Å². The monoisotopic (exact) mass is 323 g/mol. The average molecular weight is 323 g/mol. The number of hydrogen-bond donors (Lipinski definition) is 0. The smallest absolute Gasteiger partial charge is 0.226 e. The van der Waals surface area contributed by atoms with Gasteiger partial charge in [-0.1, -0.05) is 0 Å². The van der Waals surface area contributed by atoms with Crippen LogP contribution in [0.4, 0.5) is 17.6 Å². The lowest BCUT2D eigenvalue weighted by Crippen LogP contribution is -2.47. The van der Waals surface area contributed by atoms with Crippen LogP contribution >= 0.6 is 0 Å². The van der Waals surface area contributed by atoms with Gasteiger partial charge in [0, 0.05) is 58.2 Å². The molecule has 124 valence electrons. The van der Waals surface area contributed by atoms with E-state index in [4.69, 9.17) is 0 Å². The van der Waals surface area contributed by atoms with Crippen molar-refractivity contribution in [3.05, 3.63) is 35.7 Å². The van der Waals surface area contributed by atoms with Gasteiger partial charge in [0.25, 0.3) is 0 Å². The fraction of sp³-hybridized carbons (Fsp3) is 0.412. The van der Waals surface area contributed by atoms with E-state index in [9.17, 15) is 5.26 Å². The van der Waals surface area contributed by atoms with E-state index in [1.807, 2.05) is 38.1 Å². The fourth-order valence-electron chi connectivity index (χ4n) is 2.78. The molecule has 0 atom stereocenters. The molecule has 1 saturated heterocycles. The van der Waals surface area contributed by atoms with Gasteiger partial charge in [-0.3, -0.25) is 0 Å². The summed E-state index contributed by atoms with van der Waals surface area (Å²) in [6.07, 6.45) is 1.74. The number of hydrogen-bond acceptors (Lipinski definition) is 7. The standard InChI is InChI=1S/C17H21N7/c1-13-11-15(21-17(20-13)22(2)3)23-7-9-24(10-8-23)16-14(12-18)5-4-6-19-16/h4-6,11H,7-10H2,1-3H3. The number of rotatable bonds is 3. The summed E-state index contributed by atoms with van der Waals surface area (Å²) in [6, 6.07) is 7.84. The molecular formula is C17H21N7. The summed E-state index contributed by atoms with van der Waals surface area (Å²) < 4.78 is 0. The van der Waals surface area contributed by atoms with Crippen LogP contribution in [0.2, 0.25) is 0 Å². The van der Waals surface area contributed by atoms with E-state index in [2.05, 4.69) is 30.8 Å². The maximum absolute atomic E-state index is 9.24. The third-order valence-corrected chi connectivity index (χ3v) is 4.04. The van der Waals surface area contributed by atoms with Crippen LogP contribution < -0.4 is 14.7 Å². The second kappa shape index (κ2) is 6.71. The molecule has 0 unspecified atom stereocenters. The van der Waals surface area contributed by atoms with E-state index in [1.165, 1.54) is 0 Å². The van der Waals surface area contributed by atoms with E-state index in [0.29, 0.717) is 5.56 Å². The largest absolute Gasteiger partial charge is 0.353 e. The lowest BCUT2D eigenvalue weighted by molar-refractivity contribution is 0.640. The molecule has 0 aromatic carbocycles. The molecule has 7 nitrogen and oxygen atoms in total. The van der Waals surface area contributed by atoms with Gasteiger partial charge in [-0.2, -0.15) is 10.2 Å². The summed E-state index contributed by atoms with van der Waals surface area (Å²) in [5.74, 6) is 2.45. The Morgan fingerprint density at radius 2 is 1.83 bits per heavy atom. The van der Waals surface area contributed by atoms with Crippen LogP contribution in [0.5, 0.6) is 0 Å². The molecular weight excluding hydrogens is 302 g/mol. The minimum Gasteiger partial charge on any atom is -0.353 e. The zero-order chi connectivity index (χ0) is 17.1. The number of nitriles is 1. The normalized spacial score (nSPS) is 14.4. The van der Waals surface area contributed by atoms with Crippen molar-refractivity contribution in [2.45, 2.75) is 6.92 Å². The molecule has 24 heavy (non-hydrogen) atoms. The van der Waals surface area contributed by atoms with E-state index in [1.54, 1.807) is 12.3 Å². The predicted molar refractivity (Wildman–Crippen MR) is 94.5 cm³/mol. The third kappa shape index (κ3) is 3.23. The molecule has 0 bridgehead atoms. The van der Waals surface area contributed by atoms with Crippen molar-refractivity contribution in [2.75, 3.05) is 55.0 Å². The second-order valence-corrected chi connectivity index (χ2v) is 6.02. The highest BCUT2D eigenvalue weighted by atomic mass is 15.3. The van der Waals surface area contributed by atoms with Crippen molar-refractivity contribution in [3.63, 3.8) is 0 Å². The summed E-state index contributed by atoms with van der Waals surface area (Å²) in [5, 5.41) is 9.24. The molecule has 1 aliphatic rings. The Bertz CT molecular complexity index is 758. The Morgan fingerprint density at radius 3 is 2.50 bits per heavy atom. The molecule has 3 rings (SSSR count). The molecule has 0 spiro atoms. The Balaban J connectivity index is 1.75. The van der Waals surface area contributed by atoms with Crippen LogP contribution in [0.15, 0.2) is 24.4 Å². The molecule has 2 aromatic heterocycles. The van der Waals surface area contributed by atoms with E-state index in [-0.39, 0.29) is 0 Å². The van der Waals surface area contributed by atoms with Crippen molar-refractivity contribution in [2.24, 2.45) is 0 Å². The fourth-order valence-corrected chi connectivity index (χ4v) is 2.78. The van der Waals surface area contributed by atoms with Gasteiger partial charge < -0.3 is 14.7 Å². The Kier molecular flexibility index (Phi) is 4.47. The van der Waals surface area contributed by atoms with Gasteiger partial charge in [0.1, 0.15) is 17.7 Å². The van der Waals surface area contributed by atoms with Gasteiger partial charge in [-0.15, -0.1) is 0 Å². The zero-order valence-electron chi connectivity index (χ0n) is 14.3. The van der Waals surface area contributed by atoms with Gasteiger partial charge in [-0.25, -0.2) is 9.97 Å². The summed E-state index contributed by atoms with van der Waals surface area (Å²) >= 11 is 0. The highest BCUT2D eigenvalue weighted by Crippen LogP contribution is 2.22. The minimum atomic E-state index is 0.624. The van der Waals surface area contributed by atoms with Crippen molar-refractivity contribution >= 4 is 17.6 Å². The average Bonchev–Trinajstić information content (AvgIpc) is 2.61. The molecule has 0 saturated carbocycles. The van der Waals surface area contributed by atoms with Crippen LogP contribution in [0.3, 0.4) is 0 Å². The first-order chi connectivity index (χ1) is 11.6. The maximum Gasteiger partial charge on any atom is 0.226 e. The van der Waals surface area contributed by atoms with E-state index in [0.717, 1.165) is 49.5 Å². The number of piperazine rings is 1. The van der Waals surface area contributed by atoms with Gasteiger partial charge in [0.2, 0.25) is 5.95 Å². The quantitative estimate of drug-likeness (QED) is 0.846. The van der Waals surface area contributed by atoms with Crippen molar-refractivity contribution in [3.8, 4) is 6.07 Å². The first kappa shape index (κ1) is 16.0. The highest BCUT2D eigenvalue weighted by molar-refractivity contribution is 5.55. The van der Waals surface area contributed by atoms with Crippen LogP contribution in [0.25, 0.3) is 0 Å². The molecule has 3 heterocycles. The lowest BCUT2D eigenvalue weighted by atomic mass is 10.2.